The van der Waals surface area contributed by atoms with E-state index in [-0.39, 0.29) is 23.7 Å². The summed E-state index contributed by atoms with van der Waals surface area (Å²) >= 11 is 0. The Morgan fingerprint density at radius 2 is 2.15 bits per heavy atom. The van der Waals surface area contributed by atoms with E-state index in [2.05, 4.69) is 10.5 Å². The summed E-state index contributed by atoms with van der Waals surface area (Å²) in [7, 11) is 1.52. The summed E-state index contributed by atoms with van der Waals surface area (Å²) in [6, 6.07) is 6.38. The molecular weight excluding hydrogens is 354 g/mol. The predicted octanol–water partition coefficient (Wildman–Crippen LogP) is 2.56. The Morgan fingerprint density at radius 1 is 1.41 bits per heavy atom. The minimum absolute atomic E-state index is 0.00713. The van der Waals surface area contributed by atoms with Crippen molar-refractivity contribution in [2.75, 3.05) is 13.7 Å². The van der Waals surface area contributed by atoms with Crippen molar-refractivity contribution in [3.8, 4) is 5.75 Å². The molecule has 1 N–H and O–H groups in total. The van der Waals surface area contributed by atoms with Crippen LogP contribution in [0.4, 0.5) is 5.69 Å². The van der Waals surface area contributed by atoms with Crippen molar-refractivity contribution in [3.63, 3.8) is 0 Å². The quantitative estimate of drug-likeness (QED) is 0.466. The second-order valence-electron chi connectivity index (χ2n) is 5.92. The first kappa shape index (κ1) is 18.4. The van der Waals surface area contributed by atoms with Crippen LogP contribution in [-0.2, 0) is 9.53 Å². The van der Waals surface area contributed by atoms with Crippen molar-refractivity contribution >= 4 is 17.2 Å². The summed E-state index contributed by atoms with van der Waals surface area (Å²) in [5.41, 5.74) is 1.05. The number of nitro groups is 1. The number of methoxy groups -OCH3 is 1. The number of aryl methyl sites for hydroxylation is 1. The molecule has 1 aliphatic rings. The Kier molecular flexibility index (Phi) is 5.11. The smallest absolute Gasteiger partial charge is 0.339 e. The minimum atomic E-state index is -0.777. The van der Waals surface area contributed by atoms with E-state index in [1.165, 1.54) is 20.2 Å². The van der Waals surface area contributed by atoms with Gasteiger partial charge in [-0.1, -0.05) is 23.4 Å². The zero-order valence-corrected chi connectivity index (χ0v) is 15.1. The zero-order valence-electron chi connectivity index (χ0n) is 15.1. The van der Waals surface area contributed by atoms with Gasteiger partial charge in [0.1, 0.15) is 11.8 Å². The van der Waals surface area contributed by atoms with Crippen LogP contribution in [0.25, 0.3) is 5.57 Å². The molecule has 0 radical (unpaired) electrons. The number of rotatable bonds is 6. The summed E-state index contributed by atoms with van der Waals surface area (Å²) in [5.74, 6) is -0.525. The van der Waals surface area contributed by atoms with Crippen LogP contribution in [0.15, 0.2) is 35.0 Å². The van der Waals surface area contributed by atoms with Gasteiger partial charge in [0.15, 0.2) is 5.69 Å². The largest absolute Gasteiger partial charge is 0.496 e. The van der Waals surface area contributed by atoms with Gasteiger partial charge < -0.3 is 19.3 Å². The number of carbonyl (C=O) groups excluding carboxylic acids is 1. The first-order chi connectivity index (χ1) is 13.0. The summed E-state index contributed by atoms with van der Waals surface area (Å²) in [4.78, 5) is 23.4. The highest BCUT2D eigenvalue weighted by Gasteiger charge is 2.43. The number of hydrogen-bond donors (Lipinski definition) is 1. The maximum Gasteiger partial charge on any atom is 0.339 e. The van der Waals surface area contributed by atoms with Crippen LogP contribution in [-0.4, -0.2) is 35.8 Å². The number of nitrogens with zero attached hydrogens (tertiary/aromatic N) is 2. The second kappa shape index (κ2) is 7.48. The van der Waals surface area contributed by atoms with Crippen LogP contribution < -0.4 is 10.1 Å². The number of ether oxygens (including phenoxy) is 2. The van der Waals surface area contributed by atoms with Gasteiger partial charge in [-0.2, -0.15) is 0 Å². The van der Waals surface area contributed by atoms with Crippen LogP contribution in [0.2, 0.25) is 0 Å². The molecule has 0 spiro atoms. The van der Waals surface area contributed by atoms with Gasteiger partial charge in [-0.25, -0.2) is 4.79 Å². The number of para-hydroxylation sites is 1. The number of carbonyl (C=O) groups is 1. The summed E-state index contributed by atoms with van der Waals surface area (Å²) in [5, 5.41) is 18.2. The van der Waals surface area contributed by atoms with E-state index in [0.717, 1.165) is 0 Å². The van der Waals surface area contributed by atoms with Crippen molar-refractivity contribution in [1.82, 2.24) is 10.5 Å². The third-order valence-electron chi connectivity index (χ3n) is 4.38. The first-order valence-electron chi connectivity index (χ1n) is 8.36. The SMILES string of the molecule is CCOC(=O)[C@H]1NC=C(c2onc(C)c2[N+](=O)[O-])[C@@H]1c1ccccc1OC. The Bertz CT molecular complexity index is 904. The Morgan fingerprint density at radius 3 is 2.81 bits per heavy atom. The molecule has 2 aromatic rings. The molecule has 0 saturated heterocycles. The Labute approximate surface area is 155 Å². The van der Waals surface area contributed by atoms with E-state index in [4.69, 9.17) is 14.0 Å². The summed E-state index contributed by atoms with van der Waals surface area (Å²) < 4.78 is 15.8. The van der Waals surface area contributed by atoms with Crippen molar-refractivity contribution < 1.29 is 23.7 Å². The monoisotopic (exact) mass is 373 g/mol. The number of aromatic nitrogens is 1. The molecule has 9 nitrogen and oxygen atoms in total. The van der Waals surface area contributed by atoms with Crippen LogP contribution >= 0.6 is 0 Å². The van der Waals surface area contributed by atoms with E-state index in [1.54, 1.807) is 31.2 Å². The maximum atomic E-state index is 12.5. The molecule has 0 amide bonds. The molecule has 0 unspecified atom stereocenters. The number of esters is 1. The lowest BCUT2D eigenvalue weighted by Gasteiger charge is -2.22. The molecule has 1 aromatic carbocycles. The van der Waals surface area contributed by atoms with Crippen molar-refractivity contribution in [2.45, 2.75) is 25.8 Å². The topological polar surface area (TPSA) is 117 Å². The molecule has 3 rings (SSSR count). The average molecular weight is 373 g/mol. The van der Waals surface area contributed by atoms with Gasteiger partial charge in [-0.15, -0.1) is 0 Å². The molecule has 9 heteroatoms. The van der Waals surface area contributed by atoms with Gasteiger partial charge in [0, 0.05) is 23.3 Å². The normalized spacial score (nSPS) is 18.6. The van der Waals surface area contributed by atoms with Gasteiger partial charge in [-0.3, -0.25) is 10.1 Å². The third-order valence-corrected chi connectivity index (χ3v) is 4.38. The molecular formula is C18H19N3O6. The van der Waals surface area contributed by atoms with Crippen molar-refractivity contribution in [3.05, 3.63) is 57.6 Å². The van der Waals surface area contributed by atoms with Crippen LogP contribution in [0.1, 0.15) is 29.9 Å². The van der Waals surface area contributed by atoms with Gasteiger partial charge in [0.05, 0.1) is 18.6 Å². The lowest BCUT2D eigenvalue weighted by atomic mass is 9.85. The Balaban J connectivity index is 2.13. The van der Waals surface area contributed by atoms with Gasteiger partial charge >= 0.3 is 11.7 Å². The Hall–Kier alpha value is -3.36. The fraction of sp³-hybridized carbons (Fsp3) is 0.333. The molecule has 0 bridgehead atoms. The molecule has 0 fully saturated rings. The maximum absolute atomic E-state index is 12.5. The van der Waals surface area contributed by atoms with E-state index >= 15 is 0 Å². The first-order valence-corrected chi connectivity index (χ1v) is 8.36. The highest BCUT2D eigenvalue weighted by Crippen LogP contribution is 2.45. The van der Waals surface area contributed by atoms with E-state index in [9.17, 15) is 14.9 Å². The van der Waals surface area contributed by atoms with Crippen LogP contribution in [0, 0.1) is 17.0 Å². The van der Waals surface area contributed by atoms with E-state index in [0.29, 0.717) is 16.9 Å². The molecule has 27 heavy (non-hydrogen) atoms. The van der Waals surface area contributed by atoms with Gasteiger partial charge in [-0.05, 0) is 19.9 Å². The minimum Gasteiger partial charge on any atom is -0.496 e. The van der Waals surface area contributed by atoms with Gasteiger partial charge in [0.25, 0.3) is 0 Å². The molecule has 2 atom stereocenters. The third kappa shape index (κ3) is 3.23. The predicted molar refractivity (Wildman–Crippen MR) is 95.2 cm³/mol. The molecule has 142 valence electrons. The number of benzene rings is 1. The molecule has 0 aliphatic carbocycles. The van der Waals surface area contributed by atoms with Crippen LogP contribution in [0.3, 0.4) is 0 Å². The standard InChI is InChI=1S/C18H19N3O6/c1-4-26-18(22)15-14(11-7-5-6-8-13(11)25-3)12(9-19-15)17-16(21(23)24)10(2)20-27-17/h5-9,14-15,19H,4H2,1-3H3/t14-,15-/m0/s1. The second-order valence-corrected chi connectivity index (χ2v) is 5.92. The fourth-order valence-corrected chi connectivity index (χ4v) is 3.23. The number of nitrogens with one attached hydrogen (secondary N) is 1. The van der Waals surface area contributed by atoms with E-state index in [1.807, 2.05) is 0 Å². The molecule has 0 saturated carbocycles. The van der Waals surface area contributed by atoms with Crippen LogP contribution in [0.5, 0.6) is 5.75 Å². The summed E-state index contributed by atoms with van der Waals surface area (Å²) in [6.45, 7) is 3.42. The van der Waals surface area contributed by atoms with Crippen molar-refractivity contribution in [1.29, 1.82) is 0 Å². The number of hydrogen-bond acceptors (Lipinski definition) is 8. The molecule has 2 heterocycles. The highest BCUT2D eigenvalue weighted by atomic mass is 16.6. The van der Waals surface area contributed by atoms with Gasteiger partial charge in [0.2, 0.25) is 5.76 Å². The zero-order chi connectivity index (χ0) is 19.6. The van der Waals surface area contributed by atoms with E-state index < -0.39 is 22.9 Å². The summed E-state index contributed by atoms with van der Waals surface area (Å²) in [6.07, 6.45) is 1.53. The molecule has 1 aliphatic heterocycles. The lowest BCUT2D eigenvalue weighted by Crippen LogP contribution is -2.36. The van der Waals surface area contributed by atoms with Crippen molar-refractivity contribution in [2.24, 2.45) is 0 Å². The fourth-order valence-electron chi connectivity index (χ4n) is 3.23. The highest BCUT2D eigenvalue weighted by molar-refractivity contribution is 5.88. The average Bonchev–Trinajstić information content (AvgIpc) is 3.25. The lowest BCUT2D eigenvalue weighted by molar-refractivity contribution is -0.386. The molecule has 1 aromatic heterocycles.